The minimum Gasteiger partial charge on any atom is -0.390 e. The number of carbonyl (C=O) groups excluding carboxylic acids is 3. The highest BCUT2D eigenvalue weighted by Gasteiger charge is 2.60. The van der Waals surface area contributed by atoms with Crippen LogP contribution in [0.2, 0.25) is 5.02 Å². The lowest BCUT2D eigenvalue weighted by Crippen LogP contribution is -2.49. The normalized spacial score (nSPS) is 27.0. The molecule has 5 atom stereocenters. The number of carbonyl (C=O) groups is 3. The lowest BCUT2D eigenvalue weighted by Gasteiger charge is -2.22. The molecular formula is C29H29ClF5N9O4. The summed E-state index contributed by atoms with van der Waals surface area (Å²) in [5, 5.41) is 24.5. The van der Waals surface area contributed by atoms with Crippen LogP contribution >= 0.6 is 11.6 Å². The number of nitrogens with one attached hydrogen (secondary N) is 4. The molecule has 3 unspecified atom stereocenters. The minimum absolute atomic E-state index is 0.0517. The smallest absolute Gasteiger partial charge is 0.390 e. The van der Waals surface area contributed by atoms with E-state index in [1.165, 1.54) is 25.2 Å². The van der Waals surface area contributed by atoms with Crippen molar-refractivity contribution in [3.63, 3.8) is 0 Å². The van der Waals surface area contributed by atoms with Gasteiger partial charge in [0.05, 0.1) is 40.2 Å². The Morgan fingerprint density at radius 1 is 1.12 bits per heavy atom. The first-order chi connectivity index (χ1) is 22.6. The molecule has 4 fully saturated rings. The van der Waals surface area contributed by atoms with Gasteiger partial charge in [-0.3, -0.25) is 14.3 Å². The molecule has 3 aromatic rings. The number of fused-ring (bicyclic) bond motifs is 1. The number of amides is 4. The first kappa shape index (κ1) is 32.3. The molecule has 2 aromatic heterocycles. The van der Waals surface area contributed by atoms with Crippen LogP contribution in [0, 0.1) is 11.8 Å². The summed E-state index contributed by atoms with van der Waals surface area (Å²) in [6.45, 7) is 1.72. The lowest BCUT2D eigenvalue weighted by molar-refractivity contribution is -0.141. The van der Waals surface area contributed by atoms with Gasteiger partial charge < -0.3 is 35.8 Å². The molecule has 4 amide bonds. The molecule has 5 N–H and O–H groups in total. The van der Waals surface area contributed by atoms with Crippen LogP contribution < -0.4 is 21.3 Å². The predicted octanol–water partition coefficient (Wildman–Crippen LogP) is 2.49. The zero-order chi connectivity index (χ0) is 34.3. The predicted molar refractivity (Wildman–Crippen MR) is 158 cm³/mol. The maximum atomic E-state index is 13.8. The molecule has 4 heterocycles. The molecule has 2 saturated heterocycles. The third-order valence-electron chi connectivity index (χ3n) is 9.31. The van der Waals surface area contributed by atoms with Crippen molar-refractivity contribution in [2.45, 2.75) is 42.7 Å². The monoisotopic (exact) mass is 697 g/mol. The largest absolute Gasteiger partial charge is 0.435 e. The summed E-state index contributed by atoms with van der Waals surface area (Å²) >= 11 is 6.42. The van der Waals surface area contributed by atoms with Crippen molar-refractivity contribution < 1.29 is 41.4 Å². The summed E-state index contributed by atoms with van der Waals surface area (Å²) < 4.78 is 70.1. The number of imidazole rings is 1. The fourth-order valence-corrected chi connectivity index (χ4v) is 6.77. The van der Waals surface area contributed by atoms with Crippen LogP contribution in [0.1, 0.15) is 39.1 Å². The molecule has 256 valence electrons. The fraction of sp³-hybridized carbons (Fsp3) is 0.483. The second kappa shape index (κ2) is 11.4. The van der Waals surface area contributed by atoms with Crippen molar-refractivity contribution in [2.75, 3.05) is 31.5 Å². The van der Waals surface area contributed by atoms with Crippen LogP contribution in [0.25, 0.3) is 11.3 Å². The maximum absolute atomic E-state index is 13.8. The number of hydrogen-bond donors (Lipinski definition) is 5. The summed E-state index contributed by atoms with van der Waals surface area (Å²) in [6.07, 6.45) is -4.33. The SMILES string of the molecule is Cn1c(-c2cn(C3CC3(F)F)nc2C(F)(F)F)cnc1C(=O)Nc1ccc(C(=O)N2CC3C(C2)C3NC(=O)N[C@H]2CNC[C@@H]2O)c(Cl)c1. The number of rotatable bonds is 7. The summed E-state index contributed by atoms with van der Waals surface area (Å²) in [7, 11) is 1.31. The standard InChI is InChI=1S/C29H29ClF5N9O4/c1-42-19(16-11-44(21-5-28(21,31)32)41-23(16)29(33,34)35)7-37-24(42)25(46)38-12-2-3-13(17(30)4-12)26(47)43-9-14-15(10-43)22(14)40-27(48)39-18-6-36-8-20(18)45/h2-4,7,11,14-15,18,20-22,36,45H,5-6,8-10H2,1H3,(H,38,46)(H2,39,40,48)/t14?,15?,18-,20-,21?,22?/m0/s1. The van der Waals surface area contributed by atoms with Crippen molar-refractivity contribution in [1.82, 2.24) is 40.2 Å². The fourth-order valence-electron chi connectivity index (χ4n) is 6.51. The molecule has 4 aliphatic rings. The Morgan fingerprint density at radius 2 is 1.83 bits per heavy atom. The van der Waals surface area contributed by atoms with E-state index in [1.54, 1.807) is 4.90 Å². The van der Waals surface area contributed by atoms with E-state index < -0.39 is 47.8 Å². The molecule has 19 heteroatoms. The van der Waals surface area contributed by atoms with Gasteiger partial charge in [-0.25, -0.2) is 18.6 Å². The van der Waals surface area contributed by atoms with Crippen LogP contribution in [0.15, 0.2) is 30.6 Å². The van der Waals surface area contributed by atoms with E-state index in [1.807, 2.05) is 0 Å². The Balaban J connectivity index is 0.974. The highest BCUT2D eigenvalue weighted by atomic mass is 35.5. The van der Waals surface area contributed by atoms with Crippen molar-refractivity contribution in [3.8, 4) is 11.3 Å². The Morgan fingerprint density at radius 3 is 2.44 bits per heavy atom. The molecule has 48 heavy (non-hydrogen) atoms. The number of urea groups is 1. The van der Waals surface area contributed by atoms with Crippen LogP contribution in [0.4, 0.5) is 32.4 Å². The van der Waals surface area contributed by atoms with Crippen LogP contribution in [-0.2, 0) is 13.2 Å². The van der Waals surface area contributed by atoms with E-state index in [9.17, 15) is 41.4 Å². The molecule has 2 aliphatic heterocycles. The summed E-state index contributed by atoms with van der Waals surface area (Å²) in [4.78, 5) is 44.2. The highest BCUT2D eigenvalue weighted by Crippen LogP contribution is 2.53. The van der Waals surface area contributed by atoms with E-state index >= 15 is 0 Å². The van der Waals surface area contributed by atoms with Crippen LogP contribution in [-0.4, -0.2) is 97.5 Å². The molecule has 7 rings (SSSR count). The quantitative estimate of drug-likeness (QED) is 0.238. The number of alkyl halides is 5. The molecule has 2 aliphatic carbocycles. The van der Waals surface area contributed by atoms with Crippen LogP contribution in [0.3, 0.4) is 0 Å². The van der Waals surface area contributed by atoms with Gasteiger partial charge in [0.1, 0.15) is 6.04 Å². The number of likely N-dealkylation sites (tertiary alicyclic amines) is 1. The summed E-state index contributed by atoms with van der Waals surface area (Å²) in [5.74, 6) is -4.38. The molecule has 1 aromatic carbocycles. The van der Waals surface area contributed by atoms with Crippen molar-refractivity contribution >= 4 is 35.1 Å². The maximum Gasteiger partial charge on any atom is 0.435 e. The van der Waals surface area contributed by atoms with E-state index in [-0.39, 0.29) is 63.6 Å². The van der Waals surface area contributed by atoms with Gasteiger partial charge in [0, 0.05) is 69.4 Å². The molecular weight excluding hydrogens is 669 g/mol. The molecule has 0 radical (unpaired) electrons. The summed E-state index contributed by atoms with van der Waals surface area (Å²) in [6, 6.07) is 1.94. The van der Waals surface area contributed by atoms with E-state index in [0.29, 0.717) is 30.9 Å². The zero-order valence-electron chi connectivity index (χ0n) is 25.1. The number of nitrogens with zero attached hydrogens (tertiary/aromatic N) is 5. The summed E-state index contributed by atoms with van der Waals surface area (Å²) in [5.41, 5.74) is -1.66. The Kier molecular flexibility index (Phi) is 7.67. The first-order valence-electron chi connectivity index (χ1n) is 15.0. The van der Waals surface area contributed by atoms with E-state index in [0.717, 1.165) is 17.0 Å². The first-order valence-corrected chi connectivity index (χ1v) is 15.4. The zero-order valence-corrected chi connectivity index (χ0v) is 25.8. The van der Waals surface area contributed by atoms with E-state index in [4.69, 9.17) is 11.6 Å². The van der Waals surface area contributed by atoms with Gasteiger partial charge in [0.15, 0.2) is 11.5 Å². The minimum atomic E-state index is -4.95. The Bertz CT molecular complexity index is 1800. The average molecular weight is 698 g/mol. The number of aromatic nitrogens is 4. The van der Waals surface area contributed by atoms with Crippen LogP contribution in [0.5, 0.6) is 0 Å². The topological polar surface area (TPSA) is 158 Å². The Hall–Kier alpha value is -4.29. The Labute approximate surface area is 273 Å². The third-order valence-corrected chi connectivity index (χ3v) is 9.63. The number of halogens is 6. The van der Waals surface area contributed by atoms with Gasteiger partial charge in [-0.1, -0.05) is 11.6 Å². The number of hydrogen-bond acceptors (Lipinski definition) is 7. The highest BCUT2D eigenvalue weighted by molar-refractivity contribution is 6.34. The number of piperidine rings is 1. The van der Waals surface area contributed by atoms with Gasteiger partial charge in [-0.2, -0.15) is 18.3 Å². The average Bonchev–Trinajstić information content (AvgIpc) is 3.46. The van der Waals surface area contributed by atoms with Gasteiger partial charge in [0.25, 0.3) is 17.7 Å². The van der Waals surface area contributed by atoms with Gasteiger partial charge in [0.2, 0.25) is 0 Å². The van der Waals surface area contributed by atoms with Gasteiger partial charge >= 0.3 is 12.2 Å². The number of aliphatic hydroxyl groups excluding tert-OH is 1. The van der Waals surface area contributed by atoms with Crippen molar-refractivity contribution in [1.29, 1.82) is 0 Å². The second-order valence-electron chi connectivity index (χ2n) is 12.5. The number of benzene rings is 1. The number of β-amino-alcohol motifs (C(OH)–C–C–N with tert-alkyl or cyclic N) is 1. The van der Waals surface area contributed by atoms with E-state index in [2.05, 4.69) is 31.3 Å². The molecule has 0 bridgehead atoms. The molecule has 13 nitrogen and oxygen atoms in total. The van der Waals surface area contributed by atoms with Gasteiger partial charge in [-0.15, -0.1) is 0 Å². The lowest BCUT2D eigenvalue weighted by atomic mass is 10.1. The number of aliphatic hydroxyl groups is 1. The van der Waals surface area contributed by atoms with Gasteiger partial charge in [-0.05, 0) is 18.2 Å². The molecule has 0 spiro atoms. The second-order valence-corrected chi connectivity index (χ2v) is 12.9. The number of anilines is 1. The third kappa shape index (κ3) is 5.85. The van der Waals surface area contributed by atoms with Crippen molar-refractivity contribution in [2.24, 2.45) is 18.9 Å². The van der Waals surface area contributed by atoms with Crippen molar-refractivity contribution in [3.05, 3.63) is 52.7 Å². The molecule has 2 saturated carbocycles.